The Hall–Kier alpha value is -1.43. The average Bonchev–Trinajstić information content (AvgIpc) is 3.11. The Bertz CT molecular complexity index is 843. The number of hydrogen-bond acceptors (Lipinski definition) is 6. The predicted octanol–water partition coefficient (Wildman–Crippen LogP) is 5.03. The summed E-state index contributed by atoms with van der Waals surface area (Å²) >= 11 is 0. The molecule has 0 aromatic rings. The largest absolute Gasteiger partial charge is 0.465 e. The SMILES string of the molecule is CCOC(=O)CN(C)CC(=O)O[C@]1(C)CC[C@@]2(C)C(CC[C@@H]3C2CC[C@@]2(C)C3CC[C@@H]2C(C)=O)C1. The molecule has 35 heavy (non-hydrogen) atoms. The number of fused-ring (bicyclic) bond motifs is 5. The molecule has 0 spiro atoms. The zero-order valence-corrected chi connectivity index (χ0v) is 22.9. The number of carbonyl (C=O) groups excluding carboxylic acids is 3. The third-order valence-corrected chi connectivity index (χ3v) is 10.9. The van der Waals surface area contributed by atoms with E-state index in [1.807, 2.05) is 0 Å². The molecule has 4 fully saturated rings. The van der Waals surface area contributed by atoms with Crippen molar-refractivity contribution in [3.05, 3.63) is 0 Å². The van der Waals surface area contributed by atoms with Crippen molar-refractivity contribution in [1.82, 2.24) is 4.90 Å². The van der Waals surface area contributed by atoms with Crippen LogP contribution in [0.5, 0.6) is 0 Å². The fourth-order valence-electron chi connectivity index (χ4n) is 9.19. The van der Waals surface area contributed by atoms with Crippen LogP contribution < -0.4 is 0 Å². The van der Waals surface area contributed by atoms with E-state index in [0.29, 0.717) is 29.6 Å². The second-order valence-electron chi connectivity index (χ2n) is 13.0. The van der Waals surface area contributed by atoms with E-state index >= 15 is 0 Å². The van der Waals surface area contributed by atoms with Crippen LogP contribution in [-0.4, -0.2) is 55.0 Å². The molecule has 4 saturated carbocycles. The summed E-state index contributed by atoms with van der Waals surface area (Å²) in [5.74, 6) is 2.80. The lowest BCUT2D eigenvalue weighted by Gasteiger charge is -2.62. The third-order valence-electron chi connectivity index (χ3n) is 10.9. The first-order valence-corrected chi connectivity index (χ1v) is 14.0. The lowest BCUT2D eigenvalue weighted by Crippen LogP contribution is -2.56. The van der Waals surface area contributed by atoms with E-state index in [2.05, 4.69) is 20.8 Å². The van der Waals surface area contributed by atoms with E-state index in [9.17, 15) is 14.4 Å². The number of likely N-dealkylation sites (N-methyl/N-ethyl adjacent to an activating group) is 1. The number of carbonyl (C=O) groups is 3. The van der Waals surface area contributed by atoms with Crippen LogP contribution in [0.25, 0.3) is 0 Å². The van der Waals surface area contributed by atoms with Gasteiger partial charge in [-0.1, -0.05) is 13.8 Å². The highest BCUT2D eigenvalue weighted by molar-refractivity contribution is 5.79. The maximum Gasteiger partial charge on any atom is 0.320 e. The van der Waals surface area contributed by atoms with Gasteiger partial charge in [-0.25, -0.2) is 0 Å². The minimum Gasteiger partial charge on any atom is -0.465 e. The summed E-state index contributed by atoms with van der Waals surface area (Å²) < 4.78 is 11.1. The molecule has 4 aliphatic carbocycles. The lowest BCUT2D eigenvalue weighted by molar-refractivity contribution is -0.181. The molecule has 8 atom stereocenters. The molecule has 0 bridgehead atoms. The minimum absolute atomic E-state index is 0.0913. The summed E-state index contributed by atoms with van der Waals surface area (Å²) in [5, 5.41) is 0. The molecule has 4 aliphatic rings. The van der Waals surface area contributed by atoms with Crippen LogP contribution in [-0.2, 0) is 23.9 Å². The van der Waals surface area contributed by atoms with Gasteiger partial charge < -0.3 is 9.47 Å². The molecule has 6 nitrogen and oxygen atoms in total. The number of ether oxygens (including phenoxy) is 2. The van der Waals surface area contributed by atoms with Crippen LogP contribution in [0, 0.1) is 40.4 Å². The molecule has 0 heterocycles. The van der Waals surface area contributed by atoms with Gasteiger partial charge in [0.1, 0.15) is 11.4 Å². The second kappa shape index (κ2) is 9.79. The van der Waals surface area contributed by atoms with Gasteiger partial charge >= 0.3 is 11.9 Å². The average molecular weight is 490 g/mol. The molecule has 0 amide bonds. The Labute approximate surface area is 211 Å². The number of esters is 2. The molecule has 0 aliphatic heterocycles. The topological polar surface area (TPSA) is 72.9 Å². The number of Topliss-reactive ketones (excluding diaryl/α,β-unsaturated/α-hetero) is 1. The molecule has 0 saturated heterocycles. The minimum atomic E-state index is -0.435. The summed E-state index contributed by atoms with van der Waals surface area (Å²) in [6.45, 7) is 11.1. The number of hydrogen-bond donors (Lipinski definition) is 0. The summed E-state index contributed by atoms with van der Waals surface area (Å²) in [6.07, 6.45) is 10.1. The van der Waals surface area contributed by atoms with Crippen molar-refractivity contribution in [1.29, 1.82) is 0 Å². The zero-order chi connectivity index (χ0) is 25.6. The van der Waals surface area contributed by atoms with E-state index in [-0.39, 0.29) is 36.4 Å². The normalized spacial score (nSPS) is 42.5. The van der Waals surface area contributed by atoms with Crippen molar-refractivity contribution >= 4 is 17.7 Å². The molecular formula is C29H47NO5. The molecular weight excluding hydrogens is 442 g/mol. The highest BCUT2D eigenvalue weighted by Crippen LogP contribution is 2.68. The van der Waals surface area contributed by atoms with Crippen LogP contribution in [0.15, 0.2) is 0 Å². The maximum atomic E-state index is 12.7. The Morgan fingerprint density at radius 1 is 0.857 bits per heavy atom. The Kier molecular flexibility index (Phi) is 7.45. The van der Waals surface area contributed by atoms with Gasteiger partial charge in [0.25, 0.3) is 0 Å². The van der Waals surface area contributed by atoms with Crippen LogP contribution in [0.2, 0.25) is 0 Å². The van der Waals surface area contributed by atoms with E-state index in [4.69, 9.17) is 9.47 Å². The van der Waals surface area contributed by atoms with Gasteiger partial charge in [-0.3, -0.25) is 19.3 Å². The van der Waals surface area contributed by atoms with Crippen LogP contribution in [0.1, 0.15) is 92.4 Å². The Morgan fingerprint density at radius 3 is 2.23 bits per heavy atom. The first-order chi connectivity index (χ1) is 16.4. The first kappa shape index (κ1) is 26.6. The van der Waals surface area contributed by atoms with Gasteiger partial charge in [-0.2, -0.15) is 0 Å². The van der Waals surface area contributed by atoms with Crippen LogP contribution >= 0.6 is 0 Å². The molecule has 0 N–H and O–H groups in total. The Morgan fingerprint density at radius 2 is 1.54 bits per heavy atom. The van der Waals surface area contributed by atoms with Gasteiger partial charge in [0.05, 0.1) is 19.7 Å². The quantitative estimate of drug-likeness (QED) is 0.467. The summed E-state index contributed by atoms with van der Waals surface area (Å²) in [6, 6.07) is 0. The molecule has 3 unspecified atom stereocenters. The van der Waals surface area contributed by atoms with Gasteiger partial charge in [0.15, 0.2) is 0 Å². The lowest BCUT2D eigenvalue weighted by atomic mass is 9.44. The second-order valence-corrected chi connectivity index (χ2v) is 13.0. The number of rotatable bonds is 7. The van der Waals surface area contributed by atoms with E-state index in [0.717, 1.165) is 37.5 Å². The van der Waals surface area contributed by atoms with Gasteiger partial charge in [-0.05, 0) is 120 Å². The molecule has 0 aromatic heterocycles. The van der Waals surface area contributed by atoms with Gasteiger partial charge in [0, 0.05) is 5.92 Å². The van der Waals surface area contributed by atoms with Crippen molar-refractivity contribution < 1.29 is 23.9 Å². The monoisotopic (exact) mass is 489 g/mol. The fourth-order valence-corrected chi connectivity index (χ4v) is 9.19. The van der Waals surface area contributed by atoms with E-state index in [1.54, 1.807) is 25.8 Å². The van der Waals surface area contributed by atoms with Crippen molar-refractivity contribution in [2.45, 2.75) is 98.0 Å². The fraction of sp³-hybridized carbons (Fsp3) is 0.897. The standard InChI is InChI=1S/C29H47NO5/c1-7-34-25(32)17-30(6)18-26(33)35-27(3)14-15-28(4)20(16-27)8-9-21-23-11-10-22(19(2)31)29(23,5)13-12-24(21)28/h20-24H,7-18H2,1-6H3/t20?,21-,22+,23?,24?,27+,28-,29+/m0/s1. The highest BCUT2D eigenvalue weighted by atomic mass is 16.6. The molecule has 0 radical (unpaired) electrons. The number of nitrogens with zero attached hydrogens (tertiary/aromatic N) is 1. The van der Waals surface area contributed by atoms with Crippen LogP contribution in [0.3, 0.4) is 0 Å². The van der Waals surface area contributed by atoms with Crippen molar-refractivity contribution in [2.75, 3.05) is 26.7 Å². The highest BCUT2D eigenvalue weighted by Gasteiger charge is 2.61. The van der Waals surface area contributed by atoms with E-state index in [1.165, 1.54) is 32.1 Å². The van der Waals surface area contributed by atoms with Gasteiger partial charge in [0.2, 0.25) is 0 Å². The smallest absolute Gasteiger partial charge is 0.320 e. The molecule has 4 rings (SSSR count). The van der Waals surface area contributed by atoms with E-state index < -0.39 is 5.60 Å². The Balaban J connectivity index is 1.38. The van der Waals surface area contributed by atoms with Crippen LogP contribution in [0.4, 0.5) is 0 Å². The van der Waals surface area contributed by atoms with Gasteiger partial charge in [-0.15, -0.1) is 0 Å². The molecule has 198 valence electrons. The first-order valence-electron chi connectivity index (χ1n) is 14.0. The van der Waals surface area contributed by atoms with Crippen molar-refractivity contribution in [3.63, 3.8) is 0 Å². The predicted molar refractivity (Wildman–Crippen MR) is 135 cm³/mol. The van der Waals surface area contributed by atoms with Crippen molar-refractivity contribution in [3.8, 4) is 0 Å². The molecule has 6 heteroatoms. The summed E-state index contributed by atoms with van der Waals surface area (Å²) in [4.78, 5) is 38.5. The molecule has 0 aromatic carbocycles. The van der Waals surface area contributed by atoms with Crippen molar-refractivity contribution in [2.24, 2.45) is 40.4 Å². The summed E-state index contributed by atoms with van der Waals surface area (Å²) in [7, 11) is 1.75. The number of ketones is 1. The summed E-state index contributed by atoms with van der Waals surface area (Å²) in [5.41, 5.74) is 0.0603. The zero-order valence-electron chi connectivity index (χ0n) is 22.9. The third kappa shape index (κ3) is 4.93. The maximum absolute atomic E-state index is 12.7.